The number of benzene rings is 2. The van der Waals surface area contributed by atoms with E-state index in [9.17, 15) is 16.4 Å². The molecule has 0 amide bonds. The van der Waals surface area contributed by atoms with E-state index >= 15 is 0 Å². The first-order chi connectivity index (χ1) is 10.2. The number of hydrazine groups is 1. The first kappa shape index (κ1) is 14.6. The zero-order chi connectivity index (χ0) is 16.1. The van der Waals surface area contributed by atoms with Crippen molar-refractivity contribution >= 4 is 24.7 Å². The van der Waals surface area contributed by atoms with Crippen LogP contribution in [0.15, 0.2) is 67.3 Å². The second-order valence-corrected chi connectivity index (χ2v) is 8.77. The second-order valence-electron chi connectivity index (χ2n) is 5.29. The summed E-state index contributed by atoms with van der Waals surface area (Å²) in [7, 11) is -9.18. The molecule has 0 saturated carbocycles. The normalized spacial score (nSPS) is 23.6. The fourth-order valence-electron chi connectivity index (χ4n) is 2.85. The molecule has 1 heterocycles. The van der Waals surface area contributed by atoms with Crippen LogP contribution in [0, 0.1) is 0 Å². The molecule has 0 radical (unpaired) electrons. The predicted octanol–water partition coefficient (Wildman–Crippen LogP) is 4.04. The van der Waals surface area contributed by atoms with Gasteiger partial charge >= 0.3 is 125 Å². The molecule has 0 saturated heterocycles. The average Bonchev–Trinajstić information content (AvgIpc) is 2.62. The van der Waals surface area contributed by atoms with Gasteiger partial charge in [-0.05, 0) is 0 Å². The molecule has 3 rings (SSSR count). The molecule has 0 bridgehead atoms. The number of anilines is 2. The molecule has 2 aromatic rings. The predicted molar refractivity (Wildman–Crippen MR) is 82.7 cm³/mol. The topological polar surface area (TPSA) is 6.48 Å². The molecular formula is C15H14F4N2Si-2. The van der Waals surface area contributed by atoms with Crippen LogP contribution in [-0.2, 0) is 0 Å². The van der Waals surface area contributed by atoms with Crippen LogP contribution in [0.2, 0.25) is 0 Å². The van der Waals surface area contributed by atoms with Gasteiger partial charge in [-0.2, -0.15) is 0 Å². The summed E-state index contributed by atoms with van der Waals surface area (Å²) in [5.74, 6) is 0. The maximum atomic E-state index is 14.9. The third kappa shape index (κ3) is 1.85. The van der Waals surface area contributed by atoms with Crippen LogP contribution >= 0.6 is 0 Å². The number of hydrogen-bond donors (Lipinski definition) is 0. The molecule has 2 nitrogen and oxygen atoms in total. The van der Waals surface area contributed by atoms with Crippen molar-refractivity contribution in [2.24, 2.45) is 0 Å². The maximum absolute atomic E-state index is 14.9. The molecule has 118 valence electrons. The van der Waals surface area contributed by atoms with E-state index in [4.69, 9.17) is 0 Å². The Bertz CT molecular complexity index is 742. The molecule has 0 unspecified atom stereocenters. The van der Waals surface area contributed by atoms with Crippen molar-refractivity contribution in [1.29, 1.82) is 0 Å². The molecule has 0 atom stereocenters. The van der Waals surface area contributed by atoms with E-state index in [1.807, 2.05) is 0 Å². The Kier molecular flexibility index (Phi) is 2.61. The van der Waals surface area contributed by atoms with Crippen molar-refractivity contribution in [3.05, 3.63) is 67.3 Å². The summed E-state index contributed by atoms with van der Waals surface area (Å²) in [6.07, 6.45) is 1.32. The quantitative estimate of drug-likeness (QED) is 0.363. The number of para-hydroxylation sites is 2. The van der Waals surface area contributed by atoms with E-state index in [0.717, 1.165) is 11.1 Å². The van der Waals surface area contributed by atoms with Crippen LogP contribution in [0.3, 0.4) is 0 Å². The van der Waals surface area contributed by atoms with Gasteiger partial charge in [-0.3, -0.25) is 0 Å². The van der Waals surface area contributed by atoms with Gasteiger partial charge < -0.3 is 0 Å². The minimum atomic E-state index is -9.18. The van der Waals surface area contributed by atoms with Crippen LogP contribution in [0.25, 0.3) is 0 Å². The number of halogens is 4. The molecule has 1 aliphatic rings. The van der Waals surface area contributed by atoms with Gasteiger partial charge in [-0.15, -0.1) is 0 Å². The van der Waals surface area contributed by atoms with Gasteiger partial charge in [0.15, 0.2) is 0 Å². The van der Waals surface area contributed by atoms with Gasteiger partial charge in [0, 0.05) is 0 Å². The standard InChI is InChI=1S/C15H14F4N2Si/c1-2-12-20-14-10-6-7-11-15(14)22(16,17,18,19)21(20)13-8-4-3-5-9-13/h2-11H,1,12H2/q-2. The zero-order valence-corrected chi connectivity index (χ0v) is 12.6. The number of fused-ring (bicyclic) bond motifs is 1. The van der Waals surface area contributed by atoms with Crippen LogP contribution < -0.4 is 14.9 Å². The van der Waals surface area contributed by atoms with E-state index < -0.39 is 13.3 Å². The molecule has 0 aliphatic carbocycles. The molecule has 0 spiro atoms. The van der Waals surface area contributed by atoms with Crippen LogP contribution in [-0.4, -0.2) is 14.7 Å². The van der Waals surface area contributed by atoms with E-state index in [1.165, 1.54) is 48.5 Å². The van der Waals surface area contributed by atoms with Crippen molar-refractivity contribution in [2.45, 2.75) is 0 Å². The number of hydrogen-bond acceptors (Lipinski definition) is 2. The van der Waals surface area contributed by atoms with E-state index in [1.54, 1.807) is 6.07 Å². The van der Waals surface area contributed by atoms with Crippen LogP contribution in [0.4, 0.5) is 27.8 Å². The minimum absolute atomic E-state index is 0.109. The molecule has 7 heteroatoms. The van der Waals surface area contributed by atoms with Gasteiger partial charge in [0.2, 0.25) is 0 Å². The third-order valence-electron chi connectivity index (χ3n) is 3.68. The Hall–Kier alpha value is -2.28. The summed E-state index contributed by atoms with van der Waals surface area (Å²) in [5, 5.41) is -0.301. The Morgan fingerprint density at radius 1 is 0.909 bits per heavy atom. The van der Waals surface area contributed by atoms with Crippen molar-refractivity contribution in [3.8, 4) is 0 Å². The third-order valence-corrected chi connectivity index (χ3v) is 6.51. The summed E-state index contributed by atoms with van der Waals surface area (Å²) >= 11 is 0. The molecular weight excluding hydrogens is 312 g/mol. The Morgan fingerprint density at radius 3 is 2.14 bits per heavy atom. The van der Waals surface area contributed by atoms with Gasteiger partial charge in [-0.25, -0.2) is 0 Å². The van der Waals surface area contributed by atoms with Crippen molar-refractivity contribution in [1.82, 2.24) is 0 Å². The van der Waals surface area contributed by atoms with E-state index in [-0.39, 0.29) is 22.6 Å². The molecule has 1 aliphatic heterocycles. The second kappa shape index (κ2) is 3.92. The van der Waals surface area contributed by atoms with E-state index in [0.29, 0.717) is 0 Å². The summed E-state index contributed by atoms with van der Waals surface area (Å²) in [6, 6.07) is 11.7. The van der Waals surface area contributed by atoms with Gasteiger partial charge in [0.05, 0.1) is 0 Å². The summed E-state index contributed by atoms with van der Waals surface area (Å²) < 4.78 is 59.5. The molecule has 22 heavy (non-hydrogen) atoms. The van der Waals surface area contributed by atoms with Crippen LogP contribution in [0.1, 0.15) is 0 Å². The molecule has 0 aromatic heterocycles. The van der Waals surface area contributed by atoms with Gasteiger partial charge in [-0.1, -0.05) is 0 Å². The van der Waals surface area contributed by atoms with E-state index in [2.05, 4.69) is 6.58 Å². The SMILES string of the molecule is C=CCN1c2ccccc2[Si-2](F)(F)(F)(F)N1c1ccccc1. The average molecular weight is 326 g/mol. The van der Waals surface area contributed by atoms with Crippen LogP contribution in [0.5, 0.6) is 0 Å². The Morgan fingerprint density at radius 2 is 1.50 bits per heavy atom. The monoisotopic (exact) mass is 326 g/mol. The molecule has 0 N–H and O–H groups in total. The Labute approximate surface area is 125 Å². The number of nitrogens with zero attached hydrogens (tertiary/aromatic N) is 2. The fourth-order valence-corrected chi connectivity index (χ4v) is 5.56. The summed E-state index contributed by atoms with van der Waals surface area (Å²) in [4.78, 5) is 0. The number of rotatable bonds is 3. The summed E-state index contributed by atoms with van der Waals surface area (Å²) in [5.41, 5.74) is -0.439. The Balaban J connectivity index is 2.34. The van der Waals surface area contributed by atoms with Gasteiger partial charge in [0.1, 0.15) is 0 Å². The van der Waals surface area contributed by atoms with Crippen molar-refractivity contribution in [3.63, 3.8) is 0 Å². The zero-order valence-electron chi connectivity index (χ0n) is 11.6. The molecule has 0 fully saturated rings. The summed E-state index contributed by atoms with van der Waals surface area (Å²) in [6.45, 7) is 3.33. The van der Waals surface area contributed by atoms with Gasteiger partial charge in [0.25, 0.3) is 0 Å². The molecule has 2 aromatic carbocycles. The first-order valence-electron chi connectivity index (χ1n) is 6.75. The first-order valence-corrected chi connectivity index (χ1v) is 9.21. The van der Waals surface area contributed by atoms with Crippen molar-refractivity contribution < 1.29 is 16.4 Å². The van der Waals surface area contributed by atoms with Crippen molar-refractivity contribution in [2.75, 3.05) is 16.2 Å². The fraction of sp³-hybridized carbons (Fsp3) is 0.0667.